The van der Waals surface area contributed by atoms with Crippen molar-refractivity contribution in [2.75, 3.05) is 6.61 Å². The highest BCUT2D eigenvalue weighted by molar-refractivity contribution is 5.99. The van der Waals surface area contributed by atoms with Gasteiger partial charge in [0, 0.05) is 5.39 Å². The number of hydrogen-bond donors (Lipinski definition) is 1. The summed E-state index contributed by atoms with van der Waals surface area (Å²) in [7, 11) is 0. The van der Waals surface area contributed by atoms with E-state index in [1.165, 1.54) is 0 Å². The summed E-state index contributed by atoms with van der Waals surface area (Å²) in [5.74, 6) is 0.709. The van der Waals surface area contributed by atoms with Gasteiger partial charge < -0.3 is 14.4 Å². The normalized spacial score (nSPS) is 11.0. The molecular weight excluding hydrogens is 304 g/mol. The number of hydrogen-bond acceptors (Lipinski definition) is 4. The lowest BCUT2D eigenvalue weighted by atomic mass is 10.1. The second kappa shape index (κ2) is 6.35. The van der Waals surface area contributed by atoms with Gasteiger partial charge in [0.15, 0.2) is 5.69 Å². The molecule has 24 heavy (non-hydrogen) atoms. The standard InChI is InChI=1S/C19H20N2O3/c1-12-6-4-5-7-15(12)24-11-10-21-18-14(3)9-8-13(2)16(18)17(20-23)19(21)22/h4-9,22H,10-11H2,1-3H3. The van der Waals surface area contributed by atoms with E-state index in [1.54, 1.807) is 4.57 Å². The fraction of sp³-hybridized carbons (Fsp3) is 0.263. The zero-order chi connectivity index (χ0) is 17.3. The van der Waals surface area contributed by atoms with Crippen molar-refractivity contribution in [2.45, 2.75) is 27.3 Å². The molecule has 0 unspecified atom stereocenters. The average molecular weight is 324 g/mol. The van der Waals surface area contributed by atoms with Crippen LogP contribution in [0.15, 0.2) is 41.6 Å². The van der Waals surface area contributed by atoms with E-state index in [1.807, 2.05) is 57.2 Å². The second-order valence-corrected chi connectivity index (χ2v) is 5.95. The Morgan fingerprint density at radius 2 is 1.75 bits per heavy atom. The number of nitrogens with zero attached hydrogens (tertiary/aromatic N) is 2. The fourth-order valence-electron chi connectivity index (χ4n) is 3.06. The summed E-state index contributed by atoms with van der Waals surface area (Å²) in [6.45, 7) is 6.66. The van der Waals surface area contributed by atoms with Gasteiger partial charge in [0.2, 0.25) is 5.88 Å². The van der Waals surface area contributed by atoms with E-state index < -0.39 is 0 Å². The summed E-state index contributed by atoms with van der Waals surface area (Å²) in [4.78, 5) is 11.2. The molecule has 124 valence electrons. The van der Waals surface area contributed by atoms with Gasteiger partial charge >= 0.3 is 0 Å². The van der Waals surface area contributed by atoms with E-state index in [-0.39, 0.29) is 11.6 Å². The predicted molar refractivity (Wildman–Crippen MR) is 95.2 cm³/mol. The van der Waals surface area contributed by atoms with Gasteiger partial charge in [0.1, 0.15) is 12.4 Å². The summed E-state index contributed by atoms with van der Waals surface area (Å²) < 4.78 is 7.52. The average Bonchev–Trinajstić information content (AvgIpc) is 2.86. The SMILES string of the molecule is Cc1ccccc1OCCn1c(O)c(N=O)c2c(C)ccc(C)c21. The lowest BCUT2D eigenvalue weighted by Gasteiger charge is -2.12. The van der Waals surface area contributed by atoms with Crippen LogP contribution in [-0.2, 0) is 6.54 Å². The van der Waals surface area contributed by atoms with Crippen LogP contribution in [0.4, 0.5) is 5.69 Å². The molecule has 3 rings (SSSR count). The molecule has 2 aromatic carbocycles. The smallest absolute Gasteiger partial charge is 0.222 e. The number of fused-ring (bicyclic) bond motifs is 1. The van der Waals surface area contributed by atoms with Gasteiger partial charge in [-0.25, -0.2) is 0 Å². The van der Waals surface area contributed by atoms with Gasteiger partial charge in [0.25, 0.3) is 0 Å². The largest absolute Gasteiger partial charge is 0.493 e. The number of aryl methyl sites for hydroxylation is 3. The lowest BCUT2D eigenvalue weighted by Crippen LogP contribution is -2.08. The quantitative estimate of drug-likeness (QED) is 0.689. The van der Waals surface area contributed by atoms with Crippen molar-refractivity contribution in [1.29, 1.82) is 0 Å². The van der Waals surface area contributed by atoms with Gasteiger partial charge in [-0.05, 0) is 48.7 Å². The summed E-state index contributed by atoms with van der Waals surface area (Å²) in [5, 5.41) is 14.2. The Balaban J connectivity index is 1.95. The highest BCUT2D eigenvalue weighted by atomic mass is 16.5. The molecule has 0 atom stereocenters. The Kier molecular flexibility index (Phi) is 4.25. The topological polar surface area (TPSA) is 63.8 Å². The zero-order valence-corrected chi connectivity index (χ0v) is 14.0. The molecule has 1 aromatic heterocycles. The Hall–Kier alpha value is -2.82. The number of nitroso groups, excluding NO2 is 1. The van der Waals surface area contributed by atoms with Crippen molar-refractivity contribution >= 4 is 16.6 Å². The number of ether oxygens (including phenoxy) is 1. The molecule has 0 aliphatic rings. The first-order valence-corrected chi connectivity index (χ1v) is 7.87. The molecule has 5 heteroatoms. The van der Waals surface area contributed by atoms with Crippen LogP contribution in [0.3, 0.4) is 0 Å². The molecule has 0 saturated carbocycles. The Labute approximate surface area is 140 Å². The van der Waals surface area contributed by atoms with Gasteiger partial charge in [0.05, 0.1) is 12.1 Å². The van der Waals surface area contributed by atoms with E-state index in [4.69, 9.17) is 4.74 Å². The van der Waals surface area contributed by atoms with Crippen molar-refractivity contribution < 1.29 is 9.84 Å². The van der Waals surface area contributed by atoms with Gasteiger partial charge in [-0.2, -0.15) is 0 Å². The maximum absolute atomic E-state index is 11.2. The molecule has 0 bridgehead atoms. The third kappa shape index (κ3) is 2.62. The fourth-order valence-corrected chi connectivity index (χ4v) is 3.06. The van der Waals surface area contributed by atoms with E-state index >= 15 is 0 Å². The van der Waals surface area contributed by atoms with E-state index in [0.29, 0.717) is 18.5 Å². The highest BCUT2D eigenvalue weighted by Gasteiger charge is 2.20. The van der Waals surface area contributed by atoms with Crippen LogP contribution in [0.1, 0.15) is 16.7 Å². The Morgan fingerprint density at radius 3 is 2.46 bits per heavy atom. The molecule has 0 aliphatic carbocycles. The number of aromatic hydroxyl groups is 1. The molecule has 1 N–H and O–H groups in total. The summed E-state index contributed by atoms with van der Waals surface area (Å²) in [6, 6.07) is 11.7. The van der Waals surface area contributed by atoms with Crippen LogP contribution in [0.5, 0.6) is 11.6 Å². The van der Waals surface area contributed by atoms with E-state index in [2.05, 4.69) is 5.18 Å². The molecule has 5 nitrogen and oxygen atoms in total. The molecule has 1 heterocycles. The Morgan fingerprint density at radius 1 is 1.04 bits per heavy atom. The Bertz CT molecular complexity index is 913. The molecule has 3 aromatic rings. The number of aromatic nitrogens is 1. The molecule has 0 spiro atoms. The van der Waals surface area contributed by atoms with Crippen LogP contribution < -0.4 is 4.74 Å². The van der Waals surface area contributed by atoms with Crippen LogP contribution in [0, 0.1) is 25.7 Å². The van der Waals surface area contributed by atoms with E-state index in [0.717, 1.165) is 28.0 Å². The molecule has 0 amide bonds. The van der Waals surface area contributed by atoms with Crippen LogP contribution >= 0.6 is 0 Å². The summed E-state index contributed by atoms with van der Waals surface area (Å²) >= 11 is 0. The first-order chi connectivity index (χ1) is 11.5. The number of benzene rings is 2. The number of rotatable bonds is 5. The number of para-hydroxylation sites is 1. The second-order valence-electron chi connectivity index (χ2n) is 5.95. The van der Waals surface area contributed by atoms with Crippen molar-refractivity contribution in [3.05, 3.63) is 58.0 Å². The first-order valence-electron chi connectivity index (χ1n) is 7.87. The summed E-state index contributed by atoms with van der Waals surface area (Å²) in [5.41, 5.74) is 3.88. The maximum Gasteiger partial charge on any atom is 0.222 e. The summed E-state index contributed by atoms with van der Waals surface area (Å²) in [6.07, 6.45) is 0. The highest BCUT2D eigenvalue weighted by Crippen LogP contribution is 2.41. The molecule has 0 aliphatic heterocycles. The monoisotopic (exact) mass is 324 g/mol. The minimum atomic E-state index is -0.106. The van der Waals surface area contributed by atoms with Crippen molar-refractivity contribution in [1.82, 2.24) is 4.57 Å². The third-order valence-electron chi connectivity index (χ3n) is 4.32. The molecular formula is C19H20N2O3. The van der Waals surface area contributed by atoms with Crippen molar-refractivity contribution in [2.24, 2.45) is 5.18 Å². The van der Waals surface area contributed by atoms with Crippen LogP contribution in [0.25, 0.3) is 10.9 Å². The molecule has 0 radical (unpaired) electrons. The molecule has 0 saturated heterocycles. The van der Waals surface area contributed by atoms with Gasteiger partial charge in [-0.1, -0.05) is 30.3 Å². The minimum absolute atomic E-state index is 0.0992. The van der Waals surface area contributed by atoms with Crippen LogP contribution in [0.2, 0.25) is 0 Å². The van der Waals surface area contributed by atoms with Gasteiger partial charge in [-0.15, -0.1) is 4.91 Å². The maximum atomic E-state index is 11.2. The lowest BCUT2D eigenvalue weighted by molar-refractivity contribution is 0.289. The van der Waals surface area contributed by atoms with E-state index in [9.17, 15) is 10.0 Å². The minimum Gasteiger partial charge on any atom is -0.493 e. The molecule has 0 fully saturated rings. The van der Waals surface area contributed by atoms with Crippen molar-refractivity contribution in [3.8, 4) is 11.6 Å². The van der Waals surface area contributed by atoms with Gasteiger partial charge in [-0.3, -0.25) is 0 Å². The van der Waals surface area contributed by atoms with Crippen molar-refractivity contribution in [3.63, 3.8) is 0 Å². The first kappa shape index (κ1) is 16.1. The predicted octanol–water partition coefficient (Wildman–Crippen LogP) is 4.75. The zero-order valence-electron chi connectivity index (χ0n) is 14.0. The van der Waals surface area contributed by atoms with Crippen LogP contribution in [-0.4, -0.2) is 16.3 Å². The third-order valence-corrected chi connectivity index (χ3v) is 4.32.